The summed E-state index contributed by atoms with van der Waals surface area (Å²) in [4.78, 5) is 17.1. The highest BCUT2D eigenvalue weighted by Gasteiger charge is 2.23. The summed E-state index contributed by atoms with van der Waals surface area (Å²) in [6, 6.07) is 14.5. The van der Waals surface area contributed by atoms with E-state index in [-0.39, 0.29) is 24.1 Å². The molecule has 33 heavy (non-hydrogen) atoms. The lowest BCUT2D eigenvalue weighted by Gasteiger charge is -2.35. The first-order valence-electron chi connectivity index (χ1n) is 10.8. The van der Waals surface area contributed by atoms with Gasteiger partial charge >= 0.3 is 0 Å². The van der Waals surface area contributed by atoms with Gasteiger partial charge in [0, 0.05) is 43.2 Å². The summed E-state index contributed by atoms with van der Waals surface area (Å²) >= 11 is 0. The predicted molar refractivity (Wildman–Crippen MR) is 124 cm³/mol. The molecule has 6 nitrogen and oxygen atoms in total. The van der Waals surface area contributed by atoms with Gasteiger partial charge in [-0.3, -0.25) is 14.3 Å². The number of benzene rings is 2. The predicted octanol–water partition coefficient (Wildman–Crippen LogP) is 4.00. The summed E-state index contributed by atoms with van der Waals surface area (Å²) in [5.74, 6) is -0.440. The van der Waals surface area contributed by atoms with Crippen molar-refractivity contribution in [2.75, 3.05) is 42.9 Å². The number of halogens is 2. The van der Waals surface area contributed by atoms with Crippen LogP contribution in [0.2, 0.25) is 0 Å². The molecule has 1 aliphatic heterocycles. The lowest BCUT2D eigenvalue weighted by atomic mass is 10.2. The first kappa shape index (κ1) is 22.5. The maximum absolute atomic E-state index is 13.4. The Morgan fingerprint density at radius 1 is 0.939 bits per heavy atom. The number of piperazine rings is 1. The van der Waals surface area contributed by atoms with Crippen LogP contribution in [0.3, 0.4) is 0 Å². The number of nitriles is 1. The van der Waals surface area contributed by atoms with Gasteiger partial charge in [-0.05, 0) is 67.9 Å². The maximum Gasteiger partial charge on any atom is 0.239 e. The number of nitrogens with zero attached hydrogens (tertiary/aromatic N) is 4. The second-order valence-electron chi connectivity index (χ2n) is 8.15. The second kappa shape index (κ2) is 9.43. The molecule has 4 rings (SSSR count). The van der Waals surface area contributed by atoms with Crippen LogP contribution in [0.5, 0.6) is 0 Å². The van der Waals surface area contributed by atoms with E-state index in [1.807, 2.05) is 18.7 Å². The molecule has 1 amide bonds. The third-order valence-corrected chi connectivity index (χ3v) is 6.10. The van der Waals surface area contributed by atoms with Crippen molar-refractivity contribution in [2.24, 2.45) is 0 Å². The molecule has 8 heteroatoms. The number of hydrogen-bond acceptors (Lipinski definition) is 4. The van der Waals surface area contributed by atoms with Crippen molar-refractivity contribution in [3.63, 3.8) is 0 Å². The largest absolute Gasteiger partial charge is 0.369 e. The minimum atomic E-state index is -0.355. The summed E-state index contributed by atoms with van der Waals surface area (Å²) < 4.78 is 28.4. The van der Waals surface area contributed by atoms with E-state index in [1.54, 1.807) is 28.8 Å². The van der Waals surface area contributed by atoms with Gasteiger partial charge in [0.15, 0.2) is 0 Å². The fourth-order valence-electron chi connectivity index (χ4n) is 4.16. The molecule has 0 atom stereocenters. The van der Waals surface area contributed by atoms with E-state index in [4.69, 9.17) is 0 Å². The summed E-state index contributed by atoms with van der Waals surface area (Å²) in [7, 11) is 0. The number of nitrogens with one attached hydrogen (secondary N) is 1. The molecular weight excluding hydrogens is 424 g/mol. The highest BCUT2D eigenvalue weighted by molar-refractivity contribution is 5.93. The van der Waals surface area contributed by atoms with Crippen molar-refractivity contribution in [1.82, 2.24) is 9.47 Å². The number of aromatic nitrogens is 1. The smallest absolute Gasteiger partial charge is 0.239 e. The van der Waals surface area contributed by atoms with E-state index >= 15 is 0 Å². The van der Waals surface area contributed by atoms with Crippen molar-refractivity contribution in [1.29, 1.82) is 5.26 Å². The number of hydrogen-bond donors (Lipinski definition) is 1. The van der Waals surface area contributed by atoms with Gasteiger partial charge in [-0.1, -0.05) is 0 Å². The van der Waals surface area contributed by atoms with Gasteiger partial charge in [0.2, 0.25) is 5.91 Å². The molecular formula is C25H25F2N5O. The molecule has 0 bridgehead atoms. The Morgan fingerprint density at radius 3 is 2.03 bits per heavy atom. The molecule has 1 N–H and O–H groups in total. The molecule has 1 fully saturated rings. The minimum absolute atomic E-state index is 0.189. The van der Waals surface area contributed by atoms with E-state index in [1.165, 1.54) is 24.3 Å². The van der Waals surface area contributed by atoms with Crippen molar-refractivity contribution in [3.05, 3.63) is 77.0 Å². The molecule has 1 saturated heterocycles. The number of amides is 1. The van der Waals surface area contributed by atoms with Crippen LogP contribution in [0, 0.1) is 36.8 Å². The summed E-state index contributed by atoms with van der Waals surface area (Å²) in [5.41, 5.74) is 3.60. The van der Waals surface area contributed by atoms with E-state index in [0.717, 1.165) is 30.0 Å². The Hall–Kier alpha value is -3.70. The van der Waals surface area contributed by atoms with Crippen LogP contribution in [0.15, 0.2) is 48.5 Å². The van der Waals surface area contributed by atoms with E-state index in [9.17, 15) is 18.8 Å². The van der Waals surface area contributed by atoms with Gasteiger partial charge in [-0.15, -0.1) is 0 Å². The molecule has 170 valence electrons. The molecule has 0 spiro atoms. The number of anilines is 2. The van der Waals surface area contributed by atoms with Crippen molar-refractivity contribution >= 4 is 17.4 Å². The summed E-state index contributed by atoms with van der Waals surface area (Å²) in [6.45, 7) is 6.72. The molecule has 0 radical (unpaired) electrons. The fraction of sp³-hybridized carbons (Fsp3) is 0.280. The van der Waals surface area contributed by atoms with Crippen LogP contribution in [0.1, 0.15) is 16.8 Å². The average molecular weight is 450 g/mol. The van der Waals surface area contributed by atoms with Crippen molar-refractivity contribution < 1.29 is 13.6 Å². The topological polar surface area (TPSA) is 64.3 Å². The second-order valence-corrected chi connectivity index (χ2v) is 8.15. The SMILES string of the molecule is Cc1c(C#N)c(NC(=O)CN2CCN(c3ccc(F)cc3)CC2)n(-c2ccc(F)cc2)c1C. The first-order chi connectivity index (χ1) is 15.9. The van der Waals surface area contributed by atoms with Crippen LogP contribution in [0.4, 0.5) is 20.3 Å². The lowest BCUT2D eigenvalue weighted by Crippen LogP contribution is -2.48. The number of carbonyl (C=O) groups excluding carboxylic acids is 1. The van der Waals surface area contributed by atoms with E-state index in [2.05, 4.69) is 16.3 Å². The van der Waals surface area contributed by atoms with Crippen LogP contribution in [-0.4, -0.2) is 48.1 Å². The number of carbonyl (C=O) groups is 1. The normalized spacial score (nSPS) is 14.2. The van der Waals surface area contributed by atoms with Gasteiger partial charge in [0.25, 0.3) is 0 Å². The highest BCUT2D eigenvalue weighted by Crippen LogP contribution is 2.30. The Labute approximate surface area is 191 Å². The summed E-state index contributed by atoms with van der Waals surface area (Å²) in [5, 5.41) is 12.6. The van der Waals surface area contributed by atoms with Crippen LogP contribution >= 0.6 is 0 Å². The number of rotatable bonds is 5. The van der Waals surface area contributed by atoms with Gasteiger partial charge in [0.1, 0.15) is 23.5 Å². The standard InChI is InChI=1S/C25H25F2N5O/c1-17-18(2)32(22-9-5-20(27)6-10-22)25(23(17)15-28)29-24(33)16-30-11-13-31(14-12-30)21-7-3-19(26)4-8-21/h3-10H,11-14,16H2,1-2H3,(H,29,33). The van der Waals surface area contributed by atoms with Gasteiger partial charge in [-0.25, -0.2) is 8.78 Å². The van der Waals surface area contributed by atoms with E-state index < -0.39 is 0 Å². The third-order valence-electron chi connectivity index (χ3n) is 6.10. The zero-order chi connectivity index (χ0) is 23.5. The van der Waals surface area contributed by atoms with Crippen LogP contribution in [-0.2, 0) is 4.79 Å². The first-order valence-corrected chi connectivity index (χ1v) is 10.8. The Morgan fingerprint density at radius 2 is 1.48 bits per heavy atom. The highest BCUT2D eigenvalue weighted by atomic mass is 19.1. The summed E-state index contributed by atoms with van der Waals surface area (Å²) in [6.07, 6.45) is 0. The van der Waals surface area contributed by atoms with Crippen molar-refractivity contribution in [2.45, 2.75) is 13.8 Å². The zero-order valence-corrected chi connectivity index (χ0v) is 18.6. The maximum atomic E-state index is 13.4. The molecule has 1 aromatic heterocycles. The average Bonchev–Trinajstić information content (AvgIpc) is 3.04. The van der Waals surface area contributed by atoms with E-state index in [0.29, 0.717) is 30.2 Å². The Bertz CT molecular complexity index is 1190. The van der Waals surface area contributed by atoms with Crippen molar-refractivity contribution in [3.8, 4) is 11.8 Å². The molecule has 2 heterocycles. The van der Waals surface area contributed by atoms with Crippen LogP contribution < -0.4 is 10.2 Å². The quantitative estimate of drug-likeness (QED) is 0.640. The fourth-order valence-corrected chi connectivity index (χ4v) is 4.16. The van der Waals surface area contributed by atoms with Gasteiger partial charge < -0.3 is 10.2 Å². The molecule has 0 unspecified atom stereocenters. The third kappa shape index (κ3) is 4.73. The molecule has 0 aliphatic carbocycles. The van der Waals surface area contributed by atoms with Gasteiger partial charge in [0.05, 0.1) is 12.1 Å². The van der Waals surface area contributed by atoms with Gasteiger partial charge in [-0.2, -0.15) is 5.26 Å². The molecule has 2 aromatic carbocycles. The Kier molecular flexibility index (Phi) is 6.43. The molecule has 0 saturated carbocycles. The van der Waals surface area contributed by atoms with Crippen LogP contribution in [0.25, 0.3) is 5.69 Å². The lowest BCUT2D eigenvalue weighted by molar-refractivity contribution is -0.117. The Balaban J connectivity index is 1.46. The monoisotopic (exact) mass is 449 g/mol. The molecule has 1 aliphatic rings. The zero-order valence-electron chi connectivity index (χ0n) is 18.6. The minimum Gasteiger partial charge on any atom is -0.369 e. The molecule has 3 aromatic rings.